The van der Waals surface area contributed by atoms with Crippen molar-refractivity contribution in [3.05, 3.63) is 34.6 Å². The molecule has 0 aliphatic heterocycles. The lowest BCUT2D eigenvalue weighted by atomic mass is 9.97. The first kappa shape index (κ1) is 11.4. The Bertz CT molecular complexity index is 334. The van der Waals surface area contributed by atoms with Crippen molar-refractivity contribution in [1.29, 1.82) is 0 Å². The lowest BCUT2D eigenvalue weighted by molar-refractivity contribution is -0.0543. The van der Waals surface area contributed by atoms with Gasteiger partial charge in [0, 0.05) is 10.9 Å². The fourth-order valence-electron chi connectivity index (χ4n) is 1.06. The molecule has 0 atom stereocenters. The zero-order valence-electron chi connectivity index (χ0n) is 7.82. The molecule has 14 heavy (non-hydrogen) atoms. The molecular weight excluding hydrogens is 213 g/mol. The summed E-state index contributed by atoms with van der Waals surface area (Å²) in [6.45, 7) is 2.67. The van der Waals surface area contributed by atoms with Crippen LogP contribution < -0.4 is 0 Å². The average molecular weight is 223 g/mol. The minimum atomic E-state index is -3.19. The molecule has 0 saturated carbocycles. The van der Waals surface area contributed by atoms with Crippen LogP contribution in [0.3, 0.4) is 0 Å². The van der Waals surface area contributed by atoms with Crippen molar-refractivity contribution in [3.8, 4) is 0 Å². The number of alkyl halides is 2. The zero-order valence-corrected chi connectivity index (χ0v) is 8.58. The van der Waals surface area contributed by atoms with Gasteiger partial charge in [-0.05, 0) is 18.2 Å². The van der Waals surface area contributed by atoms with E-state index in [1.807, 2.05) is 0 Å². The Morgan fingerprint density at radius 1 is 1.29 bits per heavy atom. The maximum Gasteiger partial charge on any atom is 0.278 e. The maximum atomic E-state index is 13.4. The Morgan fingerprint density at radius 2 is 1.86 bits per heavy atom. The lowest BCUT2D eigenvalue weighted by Gasteiger charge is -2.21. The van der Waals surface area contributed by atoms with Crippen LogP contribution in [0, 0.1) is 11.7 Å². The second kappa shape index (κ2) is 3.81. The van der Waals surface area contributed by atoms with E-state index in [1.165, 1.54) is 19.9 Å². The predicted molar refractivity (Wildman–Crippen MR) is 50.1 cm³/mol. The van der Waals surface area contributed by atoms with Gasteiger partial charge in [-0.2, -0.15) is 0 Å². The summed E-state index contributed by atoms with van der Waals surface area (Å²) in [6.07, 6.45) is 0. The molecule has 78 valence electrons. The third kappa shape index (κ3) is 2.03. The van der Waals surface area contributed by atoms with E-state index in [2.05, 4.69) is 0 Å². The molecule has 0 saturated heterocycles. The van der Waals surface area contributed by atoms with E-state index in [4.69, 9.17) is 11.6 Å². The van der Waals surface area contributed by atoms with E-state index in [0.29, 0.717) is 0 Å². The van der Waals surface area contributed by atoms with E-state index in [-0.39, 0.29) is 5.02 Å². The van der Waals surface area contributed by atoms with Gasteiger partial charge < -0.3 is 0 Å². The molecule has 0 radical (unpaired) electrons. The number of hydrogen-bond acceptors (Lipinski definition) is 0. The highest BCUT2D eigenvalue weighted by molar-refractivity contribution is 6.30. The molecule has 0 bridgehead atoms. The smallest absolute Gasteiger partial charge is 0.206 e. The molecule has 1 aromatic carbocycles. The summed E-state index contributed by atoms with van der Waals surface area (Å²) in [5.41, 5.74) is -0.639. The molecule has 0 spiro atoms. The molecule has 0 aliphatic carbocycles. The van der Waals surface area contributed by atoms with Gasteiger partial charge in [0.05, 0.1) is 5.56 Å². The molecule has 0 fully saturated rings. The Hall–Kier alpha value is -0.700. The minimum absolute atomic E-state index is 0.113. The van der Waals surface area contributed by atoms with Crippen LogP contribution in [0.2, 0.25) is 5.02 Å². The molecule has 0 aromatic heterocycles. The second-order valence-electron chi connectivity index (χ2n) is 3.40. The van der Waals surface area contributed by atoms with Gasteiger partial charge in [-0.1, -0.05) is 25.4 Å². The molecule has 4 heteroatoms. The standard InChI is InChI=1S/C10H10ClF3/c1-6(2)10(13,14)8-5-7(11)3-4-9(8)12/h3-6H,1-2H3. The van der Waals surface area contributed by atoms with E-state index in [0.717, 1.165) is 12.1 Å². The molecule has 0 N–H and O–H groups in total. The third-order valence-electron chi connectivity index (χ3n) is 2.01. The van der Waals surface area contributed by atoms with Crippen LogP contribution in [-0.4, -0.2) is 0 Å². The summed E-state index contributed by atoms with van der Waals surface area (Å²) < 4.78 is 39.9. The van der Waals surface area contributed by atoms with Gasteiger partial charge in [0.15, 0.2) is 0 Å². The fraction of sp³-hybridized carbons (Fsp3) is 0.400. The molecule has 0 heterocycles. The highest BCUT2D eigenvalue weighted by Gasteiger charge is 2.38. The number of halogens is 4. The van der Waals surface area contributed by atoms with Gasteiger partial charge in [0.2, 0.25) is 0 Å². The third-order valence-corrected chi connectivity index (χ3v) is 2.25. The average Bonchev–Trinajstić information content (AvgIpc) is 2.08. The van der Waals surface area contributed by atoms with Crippen LogP contribution >= 0.6 is 11.6 Å². The Kier molecular flexibility index (Phi) is 3.10. The molecule has 0 unspecified atom stereocenters. The summed E-state index contributed by atoms with van der Waals surface area (Å²) in [5, 5.41) is 0.113. The Labute approximate surface area is 85.7 Å². The minimum Gasteiger partial charge on any atom is -0.206 e. The first-order valence-electron chi connectivity index (χ1n) is 4.19. The van der Waals surface area contributed by atoms with Gasteiger partial charge >= 0.3 is 0 Å². The second-order valence-corrected chi connectivity index (χ2v) is 3.84. The SMILES string of the molecule is CC(C)C(F)(F)c1cc(Cl)ccc1F. The summed E-state index contributed by atoms with van der Waals surface area (Å²) in [6, 6.07) is 3.17. The number of hydrogen-bond donors (Lipinski definition) is 0. The number of rotatable bonds is 2. The van der Waals surface area contributed by atoms with Crippen LogP contribution in [0.25, 0.3) is 0 Å². The molecule has 1 aromatic rings. The van der Waals surface area contributed by atoms with Crippen molar-refractivity contribution in [1.82, 2.24) is 0 Å². The topological polar surface area (TPSA) is 0 Å². The van der Waals surface area contributed by atoms with Crippen LogP contribution in [0.15, 0.2) is 18.2 Å². The summed E-state index contributed by atoms with van der Waals surface area (Å²) in [5.74, 6) is -5.07. The molecule has 0 aliphatic rings. The Morgan fingerprint density at radius 3 is 2.36 bits per heavy atom. The van der Waals surface area contributed by atoms with Crippen LogP contribution in [-0.2, 0) is 5.92 Å². The molecule has 0 amide bonds. The monoisotopic (exact) mass is 222 g/mol. The van der Waals surface area contributed by atoms with E-state index >= 15 is 0 Å². The van der Waals surface area contributed by atoms with Gasteiger partial charge in [0.1, 0.15) is 5.82 Å². The first-order valence-corrected chi connectivity index (χ1v) is 4.57. The van der Waals surface area contributed by atoms with Crippen LogP contribution in [0.5, 0.6) is 0 Å². The van der Waals surface area contributed by atoms with E-state index < -0.39 is 23.2 Å². The van der Waals surface area contributed by atoms with E-state index in [9.17, 15) is 13.2 Å². The predicted octanol–water partition coefficient (Wildman–Crippen LogP) is 4.23. The summed E-state index contributed by atoms with van der Waals surface area (Å²) in [4.78, 5) is 0. The molecular formula is C10H10ClF3. The molecule has 0 nitrogen and oxygen atoms in total. The molecule has 1 rings (SSSR count). The maximum absolute atomic E-state index is 13.4. The van der Waals surface area contributed by atoms with Crippen molar-refractivity contribution in [2.45, 2.75) is 19.8 Å². The normalized spacial score (nSPS) is 12.2. The quantitative estimate of drug-likeness (QED) is 0.703. The highest BCUT2D eigenvalue weighted by Crippen LogP contribution is 2.37. The van der Waals surface area contributed by atoms with Crippen LogP contribution in [0.1, 0.15) is 19.4 Å². The number of benzene rings is 1. The van der Waals surface area contributed by atoms with Crippen molar-refractivity contribution in [3.63, 3.8) is 0 Å². The van der Waals surface area contributed by atoms with Gasteiger partial charge in [-0.15, -0.1) is 0 Å². The first-order chi connectivity index (χ1) is 6.35. The van der Waals surface area contributed by atoms with Crippen molar-refractivity contribution in [2.75, 3.05) is 0 Å². The zero-order chi connectivity index (χ0) is 10.9. The highest BCUT2D eigenvalue weighted by atomic mass is 35.5. The summed E-state index contributed by atoms with van der Waals surface area (Å²) in [7, 11) is 0. The van der Waals surface area contributed by atoms with Crippen molar-refractivity contribution < 1.29 is 13.2 Å². The van der Waals surface area contributed by atoms with Gasteiger partial charge in [-0.3, -0.25) is 0 Å². The fourth-order valence-corrected chi connectivity index (χ4v) is 1.24. The van der Waals surface area contributed by atoms with Gasteiger partial charge in [-0.25, -0.2) is 13.2 Å². The Balaban J connectivity index is 3.24. The van der Waals surface area contributed by atoms with Crippen molar-refractivity contribution >= 4 is 11.6 Å². The summed E-state index contributed by atoms with van der Waals surface area (Å²) >= 11 is 5.53. The van der Waals surface area contributed by atoms with Gasteiger partial charge in [0.25, 0.3) is 5.92 Å². The lowest BCUT2D eigenvalue weighted by Crippen LogP contribution is -2.22. The van der Waals surface area contributed by atoms with E-state index in [1.54, 1.807) is 0 Å². The largest absolute Gasteiger partial charge is 0.278 e. The van der Waals surface area contributed by atoms with Crippen LogP contribution in [0.4, 0.5) is 13.2 Å². The van der Waals surface area contributed by atoms with Crippen molar-refractivity contribution in [2.24, 2.45) is 5.92 Å².